The van der Waals surface area contributed by atoms with E-state index < -0.39 is 5.97 Å². The van der Waals surface area contributed by atoms with Gasteiger partial charge in [-0.2, -0.15) is 0 Å². The normalized spacial score (nSPS) is 10.6. The lowest BCUT2D eigenvalue weighted by Crippen LogP contribution is -2.15. The van der Waals surface area contributed by atoms with Crippen LogP contribution in [-0.4, -0.2) is 40.5 Å². The molecule has 32 heavy (non-hydrogen) atoms. The first-order chi connectivity index (χ1) is 15.5. The highest BCUT2D eigenvalue weighted by Crippen LogP contribution is 2.35. The van der Waals surface area contributed by atoms with Crippen molar-refractivity contribution in [3.8, 4) is 34.3 Å². The first-order valence-electron chi connectivity index (χ1n) is 10.2. The van der Waals surface area contributed by atoms with Gasteiger partial charge in [0.25, 0.3) is 0 Å². The Hall–Kier alpha value is -3.68. The molecule has 0 bridgehead atoms. The van der Waals surface area contributed by atoms with E-state index in [0.29, 0.717) is 35.2 Å². The fourth-order valence-electron chi connectivity index (χ4n) is 3.12. The quantitative estimate of drug-likeness (QED) is 0.341. The fourth-order valence-corrected chi connectivity index (χ4v) is 3.12. The Kier molecular flexibility index (Phi) is 7.59. The molecule has 8 nitrogen and oxygen atoms in total. The number of esters is 1. The van der Waals surface area contributed by atoms with Crippen molar-refractivity contribution in [1.82, 2.24) is 0 Å². The standard InChI is InChI=1S/C24H26O8/c1-5-6-9-30-23(26)14-31-16-11-21(29-4)24-17(25)13-19(32-22(24)12-16)15-7-8-18(27-2)20(10-15)28-3/h7-8,10-13H,5-6,9,14H2,1-4H3. The molecular formula is C24H26O8. The van der Waals surface area contributed by atoms with Crippen LogP contribution in [0.1, 0.15) is 19.8 Å². The molecule has 0 saturated heterocycles. The first-order valence-corrected chi connectivity index (χ1v) is 10.2. The van der Waals surface area contributed by atoms with Crippen LogP contribution in [0, 0.1) is 0 Å². The Balaban J connectivity index is 1.95. The van der Waals surface area contributed by atoms with Gasteiger partial charge in [-0.15, -0.1) is 0 Å². The summed E-state index contributed by atoms with van der Waals surface area (Å²) in [6.07, 6.45) is 1.72. The third-order valence-corrected chi connectivity index (χ3v) is 4.77. The van der Waals surface area contributed by atoms with Crippen LogP contribution in [0.15, 0.2) is 45.6 Å². The van der Waals surface area contributed by atoms with E-state index in [-0.39, 0.29) is 28.8 Å². The zero-order valence-corrected chi connectivity index (χ0v) is 18.6. The number of hydrogen-bond acceptors (Lipinski definition) is 8. The first kappa shape index (κ1) is 23.0. The van der Waals surface area contributed by atoms with Crippen molar-refractivity contribution in [2.75, 3.05) is 34.5 Å². The van der Waals surface area contributed by atoms with E-state index in [1.165, 1.54) is 26.4 Å². The average molecular weight is 442 g/mol. The number of ether oxygens (including phenoxy) is 5. The number of fused-ring (bicyclic) bond motifs is 1. The molecule has 0 saturated carbocycles. The number of hydrogen-bond donors (Lipinski definition) is 0. The summed E-state index contributed by atoms with van der Waals surface area (Å²) in [5.74, 6) is 1.52. The van der Waals surface area contributed by atoms with Gasteiger partial charge in [0.15, 0.2) is 23.5 Å². The largest absolute Gasteiger partial charge is 0.496 e. The molecule has 1 heterocycles. The molecule has 0 fully saturated rings. The minimum atomic E-state index is -0.474. The summed E-state index contributed by atoms with van der Waals surface area (Å²) in [6, 6.07) is 9.67. The summed E-state index contributed by atoms with van der Waals surface area (Å²) >= 11 is 0. The number of unbranched alkanes of at least 4 members (excludes halogenated alkanes) is 1. The van der Waals surface area contributed by atoms with Gasteiger partial charge in [-0.25, -0.2) is 4.79 Å². The van der Waals surface area contributed by atoms with Crippen molar-refractivity contribution < 1.29 is 32.9 Å². The summed E-state index contributed by atoms with van der Waals surface area (Å²) in [7, 11) is 4.51. The van der Waals surface area contributed by atoms with Gasteiger partial charge in [0.1, 0.15) is 28.2 Å². The molecule has 3 aromatic rings. The van der Waals surface area contributed by atoms with Crippen LogP contribution in [0.2, 0.25) is 0 Å². The maximum atomic E-state index is 12.8. The van der Waals surface area contributed by atoms with Gasteiger partial charge in [0.05, 0.1) is 27.9 Å². The maximum Gasteiger partial charge on any atom is 0.344 e. The minimum absolute atomic E-state index is 0.260. The number of benzene rings is 2. The smallest absolute Gasteiger partial charge is 0.344 e. The molecule has 0 unspecified atom stereocenters. The van der Waals surface area contributed by atoms with Gasteiger partial charge in [-0.3, -0.25) is 4.79 Å². The molecule has 0 aliphatic carbocycles. The molecule has 2 aromatic carbocycles. The predicted molar refractivity (Wildman–Crippen MR) is 119 cm³/mol. The molecule has 0 aliphatic heterocycles. The van der Waals surface area contributed by atoms with Crippen LogP contribution < -0.4 is 24.4 Å². The van der Waals surface area contributed by atoms with Gasteiger partial charge >= 0.3 is 5.97 Å². The molecule has 3 rings (SSSR count). The molecule has 1 aromatic heterocycles. The fraction of sp³-hybridized carbons (Fsp3) is 0.333. The molecule has 0 N–H and O–H groups in total. The number of carbonyl (C=O) groups excluding carboxylic acids is 1. The van der Waals surface area contributed by atoms with Crippen LogP contribution >= 0.6 is 0 Å². The summed E-state index contributed by atoms with van der Waals surface area (Å²) in [5, 5.41) is 0.273. The number of methoxy groups -OCH3 is 3. The second-order valence-electron chi connectivity index (χ2n) is 6.91. The van der Waals surface area contributed by atoms with Gasteiger partial charge in [-0.05, 0) is 24.6 Å². The van der Waals surface area contributed by atoms with Crippen LogP contribution in [0.25, 0.3) is 22.3 Å². The molecule has 0 amide bonds. The highest BCUT2D eigenvalue weighted by atomic mass is 16.6. The summed E-state index contributed by atoms with van der Waals surface area (Å²) in [5.41, 5.74) is 0.612. The van der Waals surface area contributed by atoms with Crippen molar-refractivity contribution in [2.45, 2.75) is 19.8 Å². The van der Waals surface area contributed by atoms with E-state index >= 15 is 0 Å². The molecule has 170 valence electrons. The van der Waals surface area contributed by atoms with Crippen LogP contribution in [0.4, 0.5) is 0 Å². The second kappa shape index (κ2) is 10.6. The minimum Gasteiger partial charge on any atom is -0.496 e. The Morgan fingerprint density at radius 1 is 0.938 bits per heavy atom. The lowest BCUT2D eigenvalue weighted by molar-refractivity contribution is -0.146. The molecule has 0 spiro atoms. The topological polar surface area (TPSA) is 93.4 Å². The Labute approximate surface area is 185 Å². The molecular weight excluding hydrogens is 416 g/mol. The molecule has 0 radical (unpaired) electrons. The Morgan fingerprint density at radius 2 is 1.69 bits per heavy atom. The third-order valence-electron chi connectivity index (χ3n) is 4.77. The summed E-state index contributed by atoms with van der Waals surface area (Å²) in [6.45, 7) is 2.09. The zero-order chi connectivity index (χ0) is 23.1. The van der Waals surface area contributed by atoms with Crippen molar-refractivity contribution in [2.24, 2.45) is 0 Å². The van der Waals surface area contributed by atoms with E-state index in [1.54, 1.807) is 31.4 Å². The van der Waals surface area contributed by atoms with E-state index in [9.17, 15) is 9.59 Å². The van der Waals surface area contributed by atoms with E-state index in [1.807, 2.05) is 6.92 Å². The van der Waals surface area contributed by atoms with E-state index in [2.05, 4.69) is 0 Å². The number of carbonyl (C=O) groups is 1. The highest BCUT2D eigenvalue weighted by molar-refractivity contribution is 5.86. The number of rotatable bonds is 10. The van der Waals surface area contributed by atoms with Crippen LogP contribution in [-0.2, 0) is 9.53 Å². The van der Waals surface area contributed by atoms with Crippen LogP contribution in [0.5, 0.6) is 23.0 Å². The van der Waals surface area contributed by atoms with E-state index in [0.717, 1.165) is 12.8 Å². The van der Waals surface area contributed by atoms with Crippen molar-refractivity contribution in [1.29, 1.82) is 0 Å². The Morgan fingerprint density at radius 3 is 2.38 bits per heavy atom. The van der Waals surface area contributed by atoms with Crippen LogP contribution in [0.3, 0.4) is 0 Å². The van der Waals surface area contributed by atoms with Crippen molar-refractivity contribution >= 4 is 16.9 Å². The second-order valence-corrected chi connectivity index (χ2v) is 6.91. The summed E-state index contributed by atoms with van der Waals surface area (Å²) in [4.78, 5) is 24.7. The van der Waals surface area contributed by atoms with Gasteiger partial charge < -0.3 is 28.1 Å². The van der Waals surface area contributed by atoms with Crippen molar-refractivity contribution in [3.63, 3.8) is 0 Å². The predicted octanol–water partition coefficient (Wildman–Crippen LogP) is 4.21. The summed E-state index contributed by atoms with van der Waals surface area (Å²) < 4.78 is 32.6. The maximum absolute atomic E-state index is 12.8. The molecule has 8 heteroatoms. The average Bonchev–Trinajstić information content (AvgIpc) is 2.81. The molecule has 0 atom stereocenters. The Bertz CT molecular complexity index is 1150. The third kappa shape index (κ3) is 5.14. The lowest BCUT2D eigenvalue weighted by atomic mass is 10.1. The zero-order valence-electron chi connectivity index (χ0n) is 18.6. The van der Waals surface area contributed by atoms with Gasteiger partial charge in [0, 0.05) is 23.8 Å². The van der Waals surface area contributed by atoms with E-state index in [4.69, 9.17) is 28.1 Å². The highest BCUT2D eigenvalue weighted by Gasteiger charge is 2.16. The van der Waals surface area contributed by atoms with Gasteiger partial charge in [0.2, 0.25) is 0 Å². The monoisotopic (exact) mass is 442 g/mol. The van der Waals surface area contributed by atoms with Crippen molar-refractivity contribution in [3.05, 3.63) is 46.6 Å². The molecule has 0 aliphatic rings. The van der Waals surface area contributed by atoms with Gasteiger partial charge in [-0.1, -0.05) is 13.3 Å². The lowest BCUT2D eigenvalue weighted by Gasteiger charge is -2.12. The SMILES string of the molecule is CCCCOC(=O)COc1cc(OC)c2c(=O)cc(-c3ccc(OC)c(OC)c3)oc2c1.